The lowest BCUT2D eigenvalue weighted by Gasteiger charge is -2.32. The number of allylic oxidation sites excluding steroid dienone is 1. The van der Waals surface area contributed by atoms with Crippen molar-refractivity contribution in [3.8, 4) is 29.1 Å². The fourth-order valence-electron chi connectivity index (χ4n) is 5.38. The first-order valence-electron chi connectivity index (χ1n) is 12.8. The van der Waals surface area contributed by atoms with Gasteiger partial charge in [0.15, 0.2) is 0 Å². The van der Waals surface area contributed by atoms with E-state index in [1.807, 2.05) is 37.3 Å². The minimum absolute atomic E-state index is 0.0861. The Morgan fingerprint density at radius 1 is 1.14 bits per heavy atom. The molecule has 37 heavy (non-hydrogen) atoms. The summed E-state index contributed by atoms with van der Waals surface area (Å²) < 4.78 is 12.6. The first-order valence-corrected chi connectivity index (χ1v) is 12.8. The van der Waals surface area contributed by atoms with Crippen molar-refractivity contribution in [3.63, 3.8) is 0 Å². The molecular formula is C31H32N2O4. The van der Waals surface area contributed by atoms with Gasteiger partial charge in [0, 0.05) is 23.7 Å². The molecule has 2 heterocycles. The predicted octanol–water partition coefficient (Wildman–Crippen LogP) is 6.14. The Morgan fingerprint density at radius 3 is 2.59 bits per heavy atom. The molecule has 190 valence electrons. The maximum absolute atomic E-state index is 10.3. The molecule has 6 nitrogen and oxygen atoms in total. The van der Waals surface area contributed by atoms with Crippen LogP contribution < -0.4 is 9.47 Å². The summed E-state index contributed by atoms with van der Waals surface area (Å²) in [4.78, 5) is 2.48. The second-order valence-corrected chi connectivity index (χ2v) is 10.1. The van der Waals surface area contributed by atoms with Crippen molar-refractivity contribution in [2.45, 2.75) is 39.3 Å². The largest absolute Gasteiger partial charge is 0.508 e. The molecule has 2 N–H and O–H groups in total. The number of nitriles is 1. The Kier molecular flexibility index (Phi) is 6.82. The quantitative estimate of drug-likeness (QED) is 0.426. The van der Waals surface area contributed by atoms with Crippen molar-refractivity contribution in [1.29, 1.82) is 5.26 Å². The maximum atomic E-state index is 10.3. The summed E-state index contributed by atoms with van der Waals surface area (Å²) in [6.07, 6.45) is 0.775. The van der Waals surface area contributed by atoms with Crippen LogP contribution in [0.2, 0.25) is 0 Å². The van der Waals surface area contributed by atoms with Crippen molar-refractivity contribution in [1.82, 2.24) is 4.90 Å². The van der Waals surface area contributed by atoms with Gasteiger partial charge in [-0.05, 0) is 85.8 Å². The fraction of sp³-hybridized carbons (Fsp3) is 0.323. The number of ether oxygens (including phenoxy) is 2. The smallest absolute Gasteiger partial charge is 0.150 e. The van der Waals surface area contributed by atoms with Crippen LogP contribution in [0.5, 0.6) is 23.0 Å². The maximum Gasteiger partial charge on any atom is 0.150 e. The molecule has 0 spiro atoms. The Bertz CT molecular complexity index is 1370. The highest BCUT2D eigenvalue weighted by atomic mass is 16.5. The summed E-state index contributed by atoms with van der Waals surface area (Å²) in [6.45, 7) is 9.31. The normalized spacial score (nSPS) is 20.2. The van der Waals surface area contributed by atoms with Gasteiger partial charge in [0.1, 0.15) is 47.3 Å². The van der Waals surface area contributed by atoms with E-state index in [2.05, 4.69) is 24.8 Å². The van der Waals surface area contributed by atoms with Crippen molar-refractivity contribution < 1.29 is 19.7 Å². The molecule has 1 saturated heterocycles. The summed E-state index contributed by atoms with van der Waals surface area (Å²) in [5.74, 6) is 2.14. The van der Waals surface area contributed by atoms with Gasteiger partial charge in [0.05, 0.1) is 0 Å². The molecule has 2 aliphatic heterocycles. The van der Waals surface area contributed by atoms with Crippen LogP contribution in [0.25, 0.3) is 11.1 Å². The molecule has 0 radical (unpaired) electrons. The van der Waals surface area contributed by atoms with Gasteiger partial charge in [-0.15, -0.1) is 0 Å². The van der Waals surface area contributed by atoms with Crippen molar-refractivity contribution in [3.05, 3.63) is 82.9 Å². The Morgan fingerprint density at radius 2 is 1.92 bits per heavy atom. The van der Waals surface area contributed by atoms with Crippen LogP contribution in [0.3, 0.4) is 0 Å². The van der Waals surface area contributed by atoms with Crippen LogP contribution >= 0.6 is 0 Å². The fourth-order valence-corrected chi connectivity index (χ4v) is 5.38. The number of hydrogen-bond acceptors (Lipinski definition) is 6. The van der Waals surface area contributed by atoms with Crippen molar-refractivity contribution in [2.24, 2.45) is 5.92 Å². The van der Waals surface area contributed by atoms with Crippen LogP contribution in [-0.2, 0) is 0 Å². The monoisotopic (exact) mass is 496 g/mol. The molecule has 0 bridgehead atoms. The third kappa shape index (κ3) is 4.87. The Labute approximate surface area is 218 Å². The average Bonchev–Trinajstić information content (AvgIpc) is 3.34. The molecule has 0 aliphatic carbocycles. The molecule has 0 saturated carbocycles. The number of nitrogens with zero attached hydrogens (tertiary/aromatic N) is 2. The molecule has 3 unspecified atom stereocenters. The zero-order valence-electron chi connectivity index (χ0n) is 21.4. The molecule has 1 fully saturated rings. The first-order chi connectivity index (χ1) is 17.9. The zero-order valence-corrected chi connectivity index (χ0v) is 21.4. The number of rotatable bonds is 6. The second-order valence-electron chi connectivity index (χ2n) is 10.1. The van der Waals surface area contributed by atoms with E-state index < -0.39 is 6.10 Å². The summed E-state index contributed by atoms with van der Waals surface area (Å²) in [6, 6.07) is 20.6. The highest BCUT2D eigenvalue weighted by Gasteiger charge is 2.32. The molecule has 3 atom stereocenters. The Hall–Kier alpha value is -3.95. The van der Waals surface area contributed by atoms with Gasteiger partial charge in [-0.2, -0.15) is 5.26 Å². The van der Waals surface area contributed by atoms with E-state index in [-0.39, 0.29) is 17.1 Å². The highest BCUT2D eigenvalue weighted by Crippen LogP contribution is 2.49. The summed E-state index contributed by atoms with van der Waals surface area (Å²) in [5.41, 5.74) is 4.10. The lowest BCUT2D eigenvalue weighted by atomic mass is 9.84. The minimum Gasteiger partial charge on any atom is -0.508 e. The van der Waals surface area contributed by atoms with E-state index in [1.165, 1.54) is 12.5 Å². The Balaban J connectivity index is 1.45. The van der Waals surface area contributed by atoms with Gasteiger partial charge in [-0.3, -0.25) is 4.90 Å². The van der Waals surface area contributed by atoms with Gasteiger partial charge >= 0.3 is 0 Å². The topological polar surface area (TPSA) is 86.0 Å². The number of hydrogen-bond donors (Lipinski definition) is 2. The minimum atomic E-state index is -0.468. The standard InChI is InChI=1S/C31H32N2O4/c1-19-13-14-33(17-19)20(2)18-36-25-9-7-22(8-10-25)31-29(23-5-4-6-24(34)15-23)21(3)30-26(16-32)27(35)11-12-28(30)37-31/h4-12,15,19-20,31,34-35H,13-14,17-18H2,1-3H3. The third-order valence-electron chi connectivity index (χ3n) is 7.45. The van der Waals surface area contributed by atoms with Crippen LogP contribution in [-0.4, -0.2) is 40.9 Å². The lowest BCUT2D eigenvalue weighted by Crippen LogP contribution is -2.35. The van der Waals surface area contributed by atoms with Gasteiger partial charge in [-0.1, -0.05) is 31.2 Å². The van der Waals surface area contributed by atoms with Crippen LogP contribution in [0.1, 0.15) is 55.5 Å². The molecule has 6 heteroatoms. The van der Waals surface area contributed by atoms with Gasteiger partial charge in [0.2, 0.25) is 0 Å². The summed E-state index contributed by atoms with van der Waals surface area (Å²) in [5, 5.41) is 30.2. The van der Waals surface area contributed by atoms with Crippen molar-refractivity contribution >= 4 is 11.1 Å². The molecule has 2 aliphatic rings. The molecule has 3 aromatic rings. The van der Waals surface area contributed by atoms with Crippen LogP contribution in [0, 0.1) is 17.2 Å². The molecule has 0 amide bonds. The average molecular weight is 497 g/mol. The number of phenolic OH excluding ortho intramolecular Hbond substituents is 2. The molecule has 5 rings (SSSR count). The number of fused-ring (bicyclic) bond motifs is 1. The van der Waals surface area contributed by atoms with Crippen LogP contribution in [0.4, 0.5) is 0 Å². The highest BCUT2D eigenvalue weighted by molar-refractivity contribution is 5.97. The van der Waals surface area contributed by atoms with E-state index in [9.17, 15) is 15.5 Å². The lowest BCUT2D eigenvalue weighted by molar-refractivity contribution is 0.169. The number of benzene rings is 3. The van der Waals surface area contributed by atoms with Gasteiger partial charge in [-0.25, -0.2) is 0 Å². The van der Waals surface area contributed by atoms with Crippen LogP contribution in [0.15, 0.2) is 60.7 Å². The van der Waals surface area contributed by atoms with E-state index in [4.69, 9.17) is 9.47 Å². The SMILES string of the molecule is CC1=C(c2cccc(O)c2)C(c2ccc(OCC(C)N3CCC(C)C3)cc2)Oc2ccc(O)c(C#N)c21. The first kappa shape index (κ1) is 24.7. The van der Waals surface area contributed by atoms with E-state index in [0.29, 0.717) is 24.0 Å². The van der Waals surface area contributed by atoms with Gasteiger partial charge in [0.25, 0.3) is 0 Å². The van der Waals surface area contributed by atoms with E-state index >= 15 is 0 Å². The second kappa shape index (κ2) is 10.2. The number of aromatic hydroxyl groups is 2. The predicted molar refractivity (Wildman–Crippen MR) is 144 cm³/mol. The van der Waals surface area contributed by atoms with Gasteiger partial charge < -0.3 is 19.7 Å². The van der Waals surface area contributed by atoms with E-state index in [1.54, 1.807) is 24.3 Å². The number of phenols is 2. The zero-order chi connectivity index (χ0) is 26.1. The molecular weight excluding hydrogens is 464 g/mol. The third-order valence-corrected chi connectivity index (χ3v) is 7.45. The van der Waals surface area contributed by atoms with Crippen molar-refractivity contribution in [2.75, 3.05) is 19.7 Å². The molecule has 3 aromatic carbocycles. The summed E-state index contributed by atoms with van der Waals surface area (Å²) in [7, 11) is 0. The van der Waals surface area contributed by atoms with E-state index in [0.717, 1.165) is 47.0 Å². The molecule has 0 aromatic heterocycles. The number of likely N-dealkylation sites (tertiary alicyclic amines) is 1. The summed E-state index contributed by atoms with van der Waals surface area (Å²) >= 11 is 0.